The number of hydrogen-bond donors (Lipinski definition) is 0. The number of allylic oxidation sites excluding steroid dienone is 1. The predicted octanol–water partition coefficient (Wildman–Crippen LogP) is 3.55. The summed E-state index contributed by atoms with van der Waals surface area (Å²) in [6.07, 6.45) is 8.64. The second kappa shape index (κ2) is 10.3. The highest BCUT2D eigenvalue weighted by Gasteiger charge is 2.00. The minimum Gasteiger partial charge on any atom is -0.369 e. The maximum Gasteiger partial charge on any atom is 0.117 e. The van der Waals surface area contributed by atoms with Gasteiger partial charge in [0.25, 0.3) is 0 Å². The van der Waals surface area contributed by atoms with Crippen molar-refractivity contribution in [1.29, 1.82) is 0 Å². The molecule has 0 rings (SSSR count). The Labute approximate surface area is 88.5 Å². The number of ether oxygens (including phenoxy) is 1. The van der Waals surface area contributed by atoms with Gasteiger partial charge in [-0.3, -0.25) is 0 Å². The summed E-state index contributed by atoms with van der Waals surface area (Å²) in [7, 11) is 1.73. The smallest absolute Gasteiger partial charge is 0.117 e. The summed E-state index contributed by atoms with van der Waals surface area (Å²) in [4.78, 5) is 0. The van der Waals surface area contributed by atoms with Gasteiger partial charge in [0.15, 0.2) is 0 Å². The first-order valence-corrected chi connectivity index (χ1v) is 5.47. The highest BCUT2D eigenvalue weighted by molar-refractivity contribution is 5.05. The van der Waals surface area contributed by atoms with Gasteiger partial charge in [-0.2, -0.15) is 0 Å². The summed E-state index contributed by atoms with van der Waals surface area (Å²) in [6.45, 7) is 5.87. The fourth-order valence-corrected chi connectivity index (χ4v) is 1.15. The molecule has 0 radical (unpaired) electrons. The summed E-state index contributed by atoms with van der Waals surface area (Å²) < 4.78 is 5.27. The second-order valence-corrected chi connectivity index (χ2v) is 3.37. The molecule has 0 aromatic rings. The summed E-state index contributed by atoms with van der Waals surface area (Å²) in [6, 6.07) is 0. The van der Waals surface area contributed by atoms with Gasteiger partial charge in [-0.05, 0) is 25.7 Å². The van der Waals surface area contributed by atoms with Gasteiger partial charge in [-0.15, -0.1) is 12.5 Å². The zero-order valence-corrected chi connectivity index (χ0v) is 9.51. The molecule has 0 aliphatic heterocycles. The van der Waals surface area contributed by atoms with Crippen molar-refractivity contribution in [1.82, 2.24) is 0 Å². The Bertz CT molecular complexity index is 185. The van der Waals surface area contributed by atoms with Crippen molar-refractivity contribution in [3.05, 3.63) is 12.7 Å². The van der Waals surface area contributed by atoms with E-state index in [-0.39, 0.29) is 6.10 Å². The molecule has 0 aromatic heterocycles. The van der Waals surface area contributed by atoms with E-state index in [1.807, 2.05) is 6.08 Å². The van der Waals surface area contributed by atoms with Crippen molar-refractivity contribution >= 4 is 0 Å². The lowest BCUT2D eigenvalue weighted by molar-refractivity contribution is 0.139. The third-order valence-electron chi connectivity index (χ3n) is 2.08. The molecule has 0 heterocycles. The van der Waals surface area contributed by atoms with Gasteiger partial charge in [0, 0.05) is 13.5 Å². The minimum atomic E-state index is 0.117. The first kappa shape index (κ1) is 13.3. The van der Waals surface area contributed by atoms with Gasteiger partial charge in [0.1, 0.15) is 6.10 Å². The van der Waals surface area contributed by atoms with Crippen LogP contribution in [0.5, 0.6) is 0 Å². The Morgan fingerprint density at radius 2 is 2.21 bits per heavy atom. The van der Waals surface area contributed by atoms with Crippen LogP contribution in [0, 0.1) is 11.8 Å². The molecular formula is C13H22O. The molecule has 0 unspecified atom stereocenters. The van der Waals surface area contributed by atoms with E-state index in [2.05, 4.69) is 25.3 Å². The summed E-state index contributed by atoms with van der Waals surface area (Å²) in [5.41, 5.74) is 0. The summed E-state index contributed by atoms with van der Waals surface area (Å²) >= 11 is 0. The van der Waals surface area contributed by atoms with E-state index in [1.54, 1.807) is 7.11 Å². The van der Waals surface area contributed by atoms with E-state index >= 15 is 0 Å². The second-order valence-electron chi connectivity index (χ2n) is 3.37. The van der Waals surface area contributed by atoms with Crippen LogP contribution in [-0.4, -0.2) is 13.2 Å². The quantitative estimate of drug-likeness (QED) is 0.342. The minimum absolute atomic E-state index is 0.117. The lowest BCUT2D eigenvalue weighted by atomic mass is 10.1. The molecule has 0 saturated carbocycles. The van der Waals surface area contributed by atoms with Crippen LogP contribution in [0.15, 0.2) is 12.7 Å². The first-order chi connectivity index (χ1) is 6.85. The Hall–Kier alpha value is -0.740. The molecular weight excluding hydrogens is 172 g/mol. The van der Waals surface area contributed by atoms with Gasteiger partial charge in [-0.25, -0.2) is 0 Å². The third kappa shape index (κ3) is 7.89. The Morgan fingerprint density at radius 3 is 2.79 bits per heavy atom. The van der Waals surface area contributed by atoms with Crippen LogP contribution in [0.2, 0.25) is 0 Å². The zero-order valence-electron chi connectivity index (χ0n) is 9.51. The molecule has 0 N–H and O–H groups in total. The van der Waals surface area contributed by atoms with Crippen molar-refractivity contribution in [2.45, 2.75) is 51.6 Å². The fraction of sp³-hybridized carbons (Fsp3) is 0.692. The molecule has 0 saturated heterocycles. The molecule has 1 heteroatoms. The molecule has 0 amide bonds. The molecule has 0 aromatic carbocycles. The SMILES string of the molecule is C=CCCC[C@H](C#CCCCC)OC. The Morgan fingerprint density at radius 1 is 1.43 bits per heavy atom. The topological polar surface area (TPSA) is 9.23 Å². The average molecular weight is 194 g/mol. The maximum absolute atomic E-state index is 5.27. The van der Waals surface area contributed by atoms with Gasteiger partial charge >= 0.3 is 0 Å². The molecule has 0 fully saturated rings. The van der Waals surface area contributed by atoms with E-state index in [1.165, 1.54) is 12.8 Å². The van der Waals surface area contributed by atoms with Crippen LogP contribution >= 0.6 is 0 Å². The number of unbranched alkanes of at least 4 members (excludes halogenated alkanes) is 3. The van der Waals surface area contributed by atoms with E-state index in [0.717, 1.165) is 25.7 Å². The number of hydrogen-bond acceptors (Lipinski definition) is 1. The molecule has 1 atom stereocenters. The van der Waals surface area contributed by atoms with Crippen LogP contribution in [0.25, 0.3) is 0 Å². The molecule has 14 heavy (non-hydrogen) atoms. The standard InChI is InChI=1S/C13H22O/c1-4-6-8-10-12-13(14-3)11-9-7-5-2/h5,13H,2,4,6-9,11H2,1,3H3/t13-/m1/s1. The highest BCUT2D eigenvalue weighted by atomic mass is 16.5. The Kier molecular flexibility index (Phi) is 9.79. The molecule has 0 aliphatic carbocycles. The van der Waals surface area contributed by atoms with E-state index < -0.39 is 0 Å². The number of rotatable bonds is 7. The molecule has 0 bridgehead atoms. The van der Waals surface area contributed by atoms with Crippen LogP contribution < -0.4 is 0 Å². The predicted molar refractivity (Wildman–Crippen MR) is 62.1 cm³/mol. The first-order valence-electron chi connectivity index (χ1n) is 5.47. The van der Waals surface area contributed by atoms with E-state index in [9.17, 15) is 0 Å². The largest absolute Gasteiger partial charge is 0.369 e. The average Bonchev–Trinajstić information content (AvgIpc) is 2.22. The van der Waals surface area contributed by atoms with Crippen LogP contribution in [-0.2, 0) is 4.74 Å². The van der Waals surface area contributed by atoms with E-state index in [0.29, 0.717) is 0 Å². The maximum atomic E-state index is 5.27. The summed E-state index contributed by atoms with van der Waals surface area (Å²) in [5.74, 6) is 6.32. The molecule has 0 spiro atoms. The lowest BCUT2D eigenvalue weighted by Gasteiger charge is -2.06. The van der Waals surface area contributed by atoms with Crippen molar-refractivity contribution in [2.75, 3.05) is 7.11 Å². The van der Waals surface area contributed by atoms with Crippen LogP contribution in [0.4, 0.5) is 0 Å². The molecule has 1 nitrogen and oxygen atoms in total. The fourth-order valence-electron chi connectivity index (χ4n) is 1.15. The van der Waals surface area contributed by atoms with Gasteiger partial charge in [0.2, 0.25) is 0 Å². The number of methoxy groups -OCH3 is 1. The third-order valence-corrected chi connectivity index (χ3v) is 2.08. The Balaban J connectivity index is 3.63. The molecule has 80 valence electrons. The van der Waals surface area contributed by atoms with Gasteiger partial charge < -0.3 is 4.74 Å². The van der Waals surface area contributed by atoms with Crippen LogP contribution in [0.3, 0.4) is 0 Å². The highest BCUT2D eigenvalue weighted by Crippen LogP contribution is 2.03. The van der Waals surface area contributed by atoms with Crippen LogP contribution in [0.1, 0.15) is 45.4 Å². The van der Waals surface area contributed by atoms with E-state index in [4.69, 9.17) is 4.74 Å². The van der Waals surface area contributed by atoms with Crippen molar-refractivity contribution in [2.24, 2.45) is 0 Å². The zero-order chi connectivity index (χ0) is 10.6. The van der Waals surface area contributed by atoms with Gasteiger partial charge in [-0.1, -0.05) is 25.3 Å². The van der Waals surface area contributed by atoms with Crippen molar-refractivity contribution in [3.8, 4) is 11.8 Å². The normalized spacial score (nSPS) is 11.6. The lowest BCUT2D eigenvalue weighted by Crippen LogP contribution is -2.06. The monoisotopic (exact) mass is 194 g/mol. The van der Waals surface area contributed by atoms with Crippen molar-refractivity contribution < 1.29 is 4.74 Å². The van der Waals surface area contributed by atoms with Crippen molar-refractivity contribution in [3.63, 3.8) is 0 Å². The van der Waals surface area contributed by atoms with Gasteiger partial charge in [0.05, 0.1) is 0 Å². The molecule has 0 aliphatic rings. The summed E-state index contributed by atoms with van der Waals surface area (Å²) in [5, 5.41) is 0.